The first-order chi connectivity index (χ1) is 16.9. The van der Waals surface area contributed by atoms with Gasteiger partial charge in [-0.15, -0.1) is 0 Å². The second kappa shape index (κ2) is 10.4. The van der Waals surface area contributed by atoms with E-state index in [4.69, 9.17) is 10.5 Å². The van der Waals surface area contributed by atoms with Gasteiger partial charge in [0.1, 0.15) is 11.5 Å². The molecule has 4 aromatic rings. The van der Waals surface area contributed by atoms with Crippen LogP contribution in [0.4, 0.5) is 0 Å². The number of phenols is 1. The molecule has 1 amide bonds. The molecule has 0 aliphatic heterocycles. The van der Waals surface area contributed by atoms with E-state index in [-0.39, 0.29) is 29.9 Å². The summed E-state index contributed by atoms with van der Waals surface area (Å²) in [5.41, 5.74) is 10.0. The largest absolute Gasteiger partial charge is 0.508 e. The van der Waals surface area contributed by atoms with Gasteiger partial charge in [-0.2, -0.15) is 0 Å². The summed E-state index contributed by atoms with van der Waals surface area (Å²) in [5, 5.41) is 21.0. The van der Waals surface area contributed by atoms with E-state index in [9.17, 15) is 15.0 Å². The normalized spacial score (nSPS) is 11.8. The van der Waals surface area contributed by atoms with Crippen molar-refractivity contribution in [3.8, 4) is 23.3 Å². The van der Waals surface area contributed by atoms with Gasteiger partial charge in [-0.1, -0.05) is 30.0 Å². The van der Waals surface area contributed by atoms with Crippen LogP contribution in [0.1, 0.15) is 52.4 Å². The third-order valence-corrected chi connectivity index (χ3v) is 5.76. The van der Waals surface area contributed by atoms with Gasteiger partial charge < -0.3 is 25.7 Å². The summed E-state index contributed by atoms with van der Waals surface area (Å²) < 4.78 is 6.06. The summed E-state index contributed by atoms with van der Waals surface area (Å²) in [6.07, 6.45) is 2.27. The van der Waals surface area contributed by atoms with Crippen molar-refractivity contribution in [2.75, 3.05) is 6.61 Å². The van der Waals surface area contributed by atoms with Crippen molar-refractivity contribution in [1.29, 1.82) is 0 Å². The lowest BCUT2D eigenvalue weighted by molar-refractivity contribution is 0.0994. The van der Waals surface area contributed by atoms with E-state index in [1.165, 1.54) is 0 Å². The molecule has 0 saturated carbocycles. The number of nitrogens with two attached hydrogens (primary N) is 1. The van der Waals surface area contributed by atoms with Crippen molar-refractivity contribution in [3.63, 3.8) is 0 Å². The molecule has 0 unspecified atom stereocenters. The molecule has 0 aliphatic carbocycles. The monoisotopic (exact) mass is 468 g/mol. The second-order valence-electron chi connectivity index (χ2n) is 8.71. The Morgan fingerprint density at radius 3 is 2.46 bits per heavy atom. The van der Waals surface area contributed by atoms with Gasteiger partial charge in [-0.25, -0.2) is 0 Å². The Hall–Kier alpha value is -4.21. The lowest BCUT2D eigenvalue weighted by atomic mass is 9.88. The van der Waals surface area contributed by atoms with Crippen molar-refractivity contribution >= 4 is 16.8 Å². The van der Waals surface area contributed by atoms with Crippen LogP contribution >= 0.6 is 0 Å². The summed E-state index contributed by atoms with van der Waals surface area (Å²) in [7, 11) is 0. The molecule has 1 aromatic heterocycles. The Balaban J connectivity index is 1.81. The molecule has 0 saturated heterocycles. The highest BCUT2D eigenvalue weighted by molar-refractivity contribution is 5.96. The number of benzene rings is 3. The SMILES string of the molecule is CC(C)Oc1c(C(N)=O)cc(C#Cc2ccc(O)cc2)cc1[C@H](CO)Cc1c[nH]c2ccccc12. The molecule has 6 nitrogen and oxygen atoms in total. The number of H-pyrrole nitrogens is 1. The topological polar surface area (TPSA) is 109 Å². The van der Waals surface area contributed by atoms with E-state index in [1.807, 2.05) is 50.4 Å². The minimum Gasteiger partial charge on any atom is -0.508 e. The maximum Gasteiger partial charge on any atom is 0.252 e. The lowest BCUT2D eigenvalue weighted by Crippen LogP contribution is -2.19. The summed E-state index contributed by atoms with van der Waals surface area (Å²) >= 11 is 0. The summed E-state index contributed by atoms with van der Waals surface area (Å²) in [6, 6.07) is 18.0. The molecular weight excluding hydrogens is 440 g/mol. The second-order valence-corrected chi connectivity index (χ2v) is 8.71. The van der Waals surface area contributed by atoms with Crippen LogP contribution in [0, 0.1) is 11.8 Å². The molecular formula is C29H28N2O4. The van der Waals surface area contributed by atoms with E-state index < -0.39 is 5.91 Å². The van der Waals surface area contributed by atoms with Gasteiger partial charge in [-0.05, 0) is 68.3 Å². The van der Waals surface area contributed by atoms with E-state index in [0.717, 1.165) is 16.5 Å². The van der Waals surface area contributed by atoms with E-state index in [2.05, 4.69) is 16.8 Å². The molecule has 0 spiro atoms. The molecule has 3 aromatic carbocycles. The van der Waals surface area contributed by atoms with E-state index in [0.29, 0.717) is 28.9 Å². The number of aromatic nitrogens is 1. The Labute approximate surface area is 204 Å². The number of aliphatic hydroxyl groups excluding tert-OH is 1. The van der Waals surface area contributed by atoms with Crippen LogP contribution in [0.25, 0.3) is 10.9 Å². The van der Waals surface area contributed by atoms with E-state index >= 15 is 0 Å². The smallest absolute Gasteiger partial charge is 0.252 e. The maximum atomic E-state index is 12.4. The predicted molar refractivity (Wildman–Crippen MR) is 137 cm³/mol. The molecule has 178 valence electrons. The number of carbonyl (C=O) groups excluding carboxylic acids is 1. The number of hydrogen-bond acceptors (Lipinski definition) is 4. The van der Waals surface area contributed by atoms with Crippen LogP contribution in [0.2, 0.25) is 0 Å². The fourth-order valence-corrected chi connectivity index (χ4v) is 4.10. The summed E-state index contributed by atoms with van der Waals surface area (Å²) in [4.78, 5) is 15.7. The molecule has 0 radical (unpaired) electrons. The minimum atomic E-state index is -0.626. The first-order valence-electron chi connectivity index (χ1n) is 11.5. The average molecular weight is 469 g/mol. The van der Waals surface area contributed by atoms with Crippen LogP contribution in [-0.4, -0.2) is 33.8 Å². The first kappa shape index (κ1) is 23.9. The zero-order chi connectivity index (χ0) is 24.9. The zero-order valence-corrected chi connectivity index (χ0v) is 19.7. The van der Waals surface area contributed by atoms with Gasteiger partial charge in [0.25, 0.3) is 5.91 Å². The molecule has 1 atom stereocenters. The minimum absolute atomic E-state index is 0.152. The van der Waals surface area contributed by atoms with Gasteiger partial charge in [-0.3, -0.25) is 4.79 Å². The zero-order valence-electron chi connectivity index (χ0n) is 19.7. The highest BCUT2D eigenvalue weighted by atomic mass is 16.5. The number of aromatic hydroxyl groups is 1. The summed E-state index contributed by atoms with van der Waals surface area (Å²) in [6.45, 7) is 3.60. The van der Waals surface area contributed by atoms with Gasteiger partial charge in [0.2, 0.25) is 0 Å². The Morgan fingerprint density at radius 1 is 1.06 bits per heavy atom. The van der Waals surface area contributed by atoms with Crippen molar-refractivity contribution in [1.82, 2.24) is 4.98 Å². The molecule has 4 rings (SSSR count). The molecule has 5 N–H and O–H groups in total. The van der Waals surface area contributed by atoms with Crippen LogP contribution in [0.5, 0.6) is 11.5 Å². The lowest BCUT2D eigenvalue weighted by Gasteiger charge is -2.23. The van der Waals surface area contributed by atoms with Gasteiger partial charge >= 0.3 is 0 Å². The number of aliphatic hydroxyl groups is 1. The van der Waals surface area contributed by atoms with Gasteiger partial charge in [0, 0.05) is 39.7 Å². The number of phenolic OH excluding ortho intramolecular Hbond substituents is 1. The summed E-state index contributed by atoms with van der Waals surface area (Å²) in [5.74, 6) is 5.69. The van der Waals surface area contributed by atoms with Crippen molar-refractivity contribution < 1.29 is 19.7 Å². The first-order valence-corrected chi connectivity index (χ1v) is 11.5. The Kier molecular flexibility index (Phi) is 7.09. The standard InChI is InChI=1S/C29H28N2O4/c1-18(2)35-28-25(22(17-32)15-21-16-31-27-6-4-3-5-24(21)27)13-20(14-26(28)29(30)34)8-7-19-9-11-23(33)12-10-19/h3-6,9-14,16,18,22,31-33H,15,17H2,1-2H3,(H2,30,34)/t22-/m0/s1. The molecule has 0 aliphatic rings. The number of carbonyl (C=O) groups is 1. The number of amides is 1. The Morgan fingerprint density at radius 2 is 1.77 bits per heavy atom. The van der Waals surface area contributed by atoms with E-state index in [1.54, 1.807) is 30.3 Å². The number of hydrogen-bond donors (Lipinski definition) is 4. The third-order valence-electron chi connectivity index (χ3n) is 5.76. The molecule has 35 heavy (non-hydrogen) atoms. The van der Waals surface area contributed by atoms with Gasteiger partial charge in [0.15, 0.2) is 0 Å². The maximum absolute atomic E-state index is 12.4. The van der Waals surface area contributed by atoms with Crippen molar-refractivity contribution in [2.24, 2.45) is 5.73 Å². The number of fused-ring (bicyclic) bond motifs is 1. The van der Waals surface area contributed by atoms with Gasteiger partial charge in [0.05, 0.1) is 18.3 Å². The fourth-order valence-electron chi connectivity index (χ4n) is 4.10. The van der Waals surface area contributed by atoms with Crippen LogP contribution < -0.4 is 10.5 Å². The highest BCUT2D eigenvalue weighted by Crippen LogP contribution is 2.35. The van der Waals surface area contributed by atoms with Crippen molar-refractivity contribution in [3.05, 3.63) is 94.7 Å². The quantitative estimate of drug-likeness (QED) is 0.300. The van der Waals surface area contributed by atoms with Crippen LogP contribution in [0.15, 0.2) is 66.9 Å². The fraction of sp³-hybridized carbons (Fsp3) is 0.207. The van der Waals surface area contributed by atoms with Crippen LogP contribution in [0.3, 0.4) is 0 Å². The molecule has 0 fully saturated rings. The van der Waals surface area contributed by atoms with Crippen LogP contribution in [-0.2, 0) is 6.42 Å². The molecule has 0 bridgehead atoms. The number of para-hydroxylation sites is 1. The number of rotatable bonds is 7. The molecule has 6 heteroatoms. The highest BCUT2D eigenvalue weighted by Gasteiger charge is 2.24. The number of aromatic amines is 1. The average Bonchev–Trinajstić information content (AvgIpc) is 3.25. The molecule has 1 heterocycles. The number of nitrogens with one attached hydrogen (secondary N) is 1. The Bertz CT molecular complexity index is 1410. The number of primary amides is 1. The third kappa shape index (κ3) is 5.48. The predicted octanol–water partition coefficient (Wildman–Crippen LogP) is 4.48. The number of ether oxygens (including phenoxy) is 1. The van der Waals surface area contributed by atoms with Crippen molar-refractivity contribution in [2.45, 2.75) is 32.3 Å².